The smallest absolute Gasteiger partial charge is 0.160 e. The lowest BCUT2D eigenvalue weighted by atomic mass is 10.1. The van der Waals surface area contributed by atoms with Gasteiger partial charge in [0.25, 0.3) is 0 Å². The summed E-state index contributed by atoms with van der Waals surface area (Å²) < 4.78 is 21.3. The van der Waals surface area contributed by atoms with Crippen LogP contribution in [0.15, 0.2) is 24.3 Å². The van der Waals surface area contributed by atoms with Crippen LogP contribution in [-0.4, -0.2) is 19.7 Å². The Morgan fingerprint density at radius 2 is 2.05 bits per heavy atom. The van der Waals surface area contributed by atoms with Crippen LogP contribution in [0, 0.1) is 0 Å². The molecule has 0 aliphatic heterocycles. The molecular formula is C15H24O4S. The fourth-order valence-corrected chi connectivity index (χ4v) is 1.95. The van der Waals surface area contributed by atoms with E-state index >= 15 is 0 Å². The Morgan fingerprint density at radius 1 is 1.25 bits per heavy atom. The molecule has 0 aromatic heterocycles. The largest absolute Gasteiger partial charge is 0.353 e. The van der Waals surface area contributed by atoms with Crippen LogP contribution in [0.3, 0.4) is 0 Å². The molecule has 0 heterocycles. The van der Waals surface area contributed by atoms with Crippen LogP contribution in [0.2, 0.25) is 0 Å². The molecule has 0 amide bonds. The first kappa shape index (κ1) is 17.5. The number of hydrogen-bond donors (Lipinski definition) is 1. The van der Waals surface area contributed by atoms with Gasteiger partial charge in [-0.05, 0) is 44.3 Å². The van der Waals surface area contributed by atoms with Gasteiger partial charge in [0.1, 0.15) is 0 Å². The van der Waals surface area contributed by atoms with Gasteiger partial charge in [0.2, 0.25) is 0 Å². The van der Waals surface area contributed by atoms with Gasteiger partial charge in [-0.15, -0.1) is 0 Å². The van der Waals surface area contributed by atoms with E-state index in [2.05, 4.69) is 30.1 Å². The Labute approximate surface area is 127 Å². The summed E-state index contributed by atoms with van der Waals surface area (Å²) in [4.78, 5) is 0. The molecular weight excluding hydrogens is 276 g/mol. The minimum atomic E-state index is -0.160. The molecule has 1 aromatic carbocycles. The molecule has 5 heteroatoms. The molecule has 2 unspecified atom stereocenters. The SMILES string of the molecule is CCOC(CC)OC(C)c1cccc(COCOS)c1. The van der Waals surface area contributed by atoms with E-state index in [0.29, 0.717) is 13.2 Å². The molecule has 1 rings (SSSR count). The molecule has 114 valence electrons. The third kappa shape index (κ3) is 6.24. The highest BCUT2D eigenvalue weighted by Crippen LogP contribution is 2.21. The van der Waals surface area contributed by atoms with Gasteiger partial charge in [-0.3, -0.25) is 4.18 Å². The van der Waals surface area contributed by atoms with E-state index in [-0.39, 0.29) is 19.2 Å². The summed E-state index contributed by atoms with van der Waals surface area (Å²) in [6, 6.07) is 8.12. The summed E-state index contributed by atoms with van der Waals surface area (Å²) in [7, 11) is 0. The molecule has 0 bridgehead atoms. The Kier molecular flexibility index (Phi) is 8.89. The van der Waals surface area contributed by atoms with Crippen LogP contribution in [0.1, 0.15) is 44.4 Å². The minimum Gasteiger partial charge on any atom is -0.353 e. The van der Waals surface area contributed by atoms with Crippen molar-refractivity contribution in [2.75, 3.05) is 13.4 Å². The lowest BCUT2D eigenvalue weighted by Crippen LogP contribution is -2.18. The van der Waals surface area contributed by atoms with Gasteiger partial charge in [-0.2, -0.15) is 0 Å². The summed E-state index contributed by atoms with van der Waals surface area (Å²) in [6.45, 7) is 7.36. The number of benzene rings is 1. The van der Waals surface area contributed by atoms with Crippen molar-refractivity contribution < 1.29 is 18.4 Å². The van der Waals surface area contributed by atoms with Gasteiger partial charge in [0, 0.05) is 6.61 Å². The van der Waals surface area contributed by atoms with Gasteiger partial charge >= 0.3 is 0 Å². The number of hydrogen-bond acceptors (Lipinski definition) is 5. The van der Waals surface area contributed by atoms with Crippen LogP contribution in [-0.2, 0) is 25.0 Å². The van der Waals surface area contributed by atoms with Crippen molar-refractivity contribution in [1.82, 2.24) is 0 Å². The molecule has 0 saturated carbocycles. The highest BCUT2D eigenvalue weighted by molar-refractivity contribution is 7.75. The lowest BCUT2D eigenvalue weighted by Gasteiger charge is -2.21. The van der Waals surface area contributed by atoms with Crippen molar-refractivity contribution >= 4 is 12.9 Å². The highest BCUT2D eigenvalue weighted by Gasteiger charge is 2.13. The minimum absolute atomic E-state index is 0.0208. The Morgan fingerprint density at radius 3 is 2.70 bits per heavy atom. The average molecular weight is 300 g/mol. The molecule has 0 saturated heterocycles. The van der Waals surface area contributed by atoms with E-state index < -0.39 is 0 Å². The molecule has 0 fully saturated rings. The van der Waals surface area contributed by atoms with Crippen molar-refractivity contribution in [3.05, 3.63) is 35.4 Å². The maximum atomic E-state index is 5.91. The maximum absolute atomic E-state index is 5.91. The summed E-state index contributed by atoms with van der Waals surface area (Å²) in [5.41, 5.74) is 2.18. The zero-order valence-corrected chi connectivity index (χ0v) is 13.3. The Balaban J connectivity index is 2.58. The molecule has 0 spiro atoms. The van der Waals surface area contributed by atoms with Crippen LogP contribution in [0.25, 0.3) is 0 Å². The van der Waals surface area contributed by atoms with Crippen molar-refractivity contribution in [3.63, 3.8) is 0 Å². The summed E-state index contributed by atoms with van der Waals surface area (Å²) in [5, 5.41) is 0. The van der Waals surface area contributed by atoms with Crippen LogP contribution >= 0.6 is 12.9 Å². The first-order chi connectivity index (χ1) is 9.71. The topological polar surface area (TPSA) is 36.9 Å². The predicted molar refractivity (Wildman–Crippen MR) is 81.4 cm³/mol. The van der Waals surface area contributed by atoms with Crippen LogP contribution in [0.5, 0.6) is 0 Å². The number of ether oxygens (including phenoxy) is 3. The molecule has 20 heavy (non-hydrogen) atoms. The van der Waals surface area contributed by atoms with Gasteiger partial charge in [-0.25, -0.2) is 0 Å². The standard InChI is InChI=1S/C15H24O4S/c1-4-15(17-5-2)19-12(3)14-8-6-7-13(9-14)10-16-11-18-20/h6-9,12,15,20H,4-5,10-11H2,1-3H3. The quantitative estimate of drug-likeness (QED) is 0.308. The molecule has 0 aliphatic carbocycles. The second-order valence-electron chi connectivity index (χ2n) is 4.41. The monoisotopic (exact) mass is 300 g/mol. The van der Waals surface area contributed by atoms with E-state index in [1.807, 2.05) is 32.0 Å². The fraction of sp³-hybridized carbons (Fsp3) is 0.600. The Hall–Kier alpha value is -0.590. The molecule has 0 radical (unpaired) electrons. The molecule has 4 nitrogen and oxygen atoms in total. The average Bonchev–Trinajstić information content (AvgIpc) is 2.47. The number of thiol groups is 1. The first-order valence-corrected chi connectivity index (χ1v) is 7.27. The van der Waals surface area contributed by atoms with Crippen LogP contribution in [0.4, 0.5) is 0 Å². The van der Waals surface area contributed by atoms with Gasteiger partial charge < -0.3 is 14.2 Å². The van der Waals surface area contributed by atoms with Crippen molar-refractivity contribution in [1.29, 1.82) is 0 Å². The van der Waals surface area contributed by atoms with Gasteiger partial charge in [0.05, 0.1) is 12.7 Å². The highest BCUT2D eigenvalue weighted by atomic mass is 32.1. The Bertz CT molecular complexity index is 373. The van der Waals surface area contributed by atoms with Crippen LogP contribution < -0.4 is 0 Å². The normalized spacial score (nSPS) is 14.2. The zero-order chi connectivity index (χ0) is 14.8. The second-order valence-corrected chi connectivity index (χ2v) is 4.67. The third-order valence-electron chi connectivity index (χ3n) is 2.87. The van der Waals surface area contributed by atoms with Gasteiger partial charge in [-0.1, -0.05) is 31.2 Å². The third-order valence-corrected chi connectivity index (χ3v) is 2.97. The zero-order valence-electron chi connectivity index (χ0n) is 12.4. The second kappa shape index (κ2) is 10.2. The van der Waals surface area contributed by atoms with Crippen molar-refractivity contribution in [2.24, 2.45) is 0 Å². The van der Waals surface area contributed by atoms with Gasteiger partial charge in [0.15, 0.2) is 13.1 Å². The van der Waals surface area contributed by atoms with E-state index in [1.165, 1.54) is 0 Å². The summed E-state index contributed by atoms with van der Waals surface area (Å²) in [5.74, 6) is 0. The van der Waals surface area contributed by atoms with E-state index in [0.717, 1.165) is 17.5 Å². The van der Waals surface area contributed by atoms with E-state index in [9.17, 15) is 0 Å². The predicted octanol–water partition coefficient (Wildman–Crippen LogP) is 3.87. The summed E-state index contributed by atoms with van der Waals surface area (Å²) >= 11 is 3.63. The van der Waals surface area contributed by atoms with Crippen molar-refractivity contribution in [2.45, 2.75) is 46.2 Å². The van der Waals surface area contributed by atoms with E-state index in [4.69, 9.17) is 14.2 Å². The van der Waals surface area contributed by atoms with Crippen molar-refractivity contribution in [3.8, 4) is 0 Å². The summed E-state index contributed by atoms with van der Waals surface area (Å²) in [6.07, 6.45) is 0.653. The maximum Gasteiger partial charge on any atom is 0.160 e. The molecule has 0 N–H and O–H groups in total. The first-order valence-electron chi connectivity index (χ1n) is 6.91. The molecule has 0 aliphatic rings. The number of rotatable bonds is 10. The molecule has 1 aromatic rings. The molecule has 2 atom stereocenters. The fourth-order valence-electron chi connectivity index (χ4n) is 1.88. The lowest BCUT2D eigenvalue weighted by molar-refractivity contribution is -0.166. The van der Waals surface area contributed by atoms with E-state index in [1.54, 1.807) is 0 Å².